The van der Waals surface area contributed by atoms with Crippen molar-refractivity contribution in [2.75, 3.05) is 13.4 Å². The van der Waals surface area contributed by atoms with Crippen LogP contribution in [0, 0.1) is 0 Å². The number of benzene rings is 3. The summed E-state index contributed by atoms with van der Waals surface area (Å²) in [5, 5.41) is 0.657. The van der Waals surface area contributed by atoms with Gasteiger partial charge < -0.3 is 18.9 Å². The van der Waals surface area contributed by atoms with Crippen molar-refractivity contribution in [1.29, 1.82) is 0 Å². The largest absolute Gasteiger partial charge is 0.488 e. The highest BCUT2D eigenvalue weighted by atomic mass is 35.5. The van der Waals surface area contributed by atoms with E-state index in [1.807, 2.05) is 54.6 Å². The number of carbonyl (C=O) groups is 1. The second-order valence-corrected chi connectivity index (χ2v) is 10.8. The Morgan fingerprint density at radius 1 is 1.12 bits per heavy atom. The molecule has 0 fully saturated rings. The van der Waals surface area contributed by atoms with E-state index in [1.54, 1.807) is 36.6 Å². The van der Waals surface area contributed by atoms with Crippen LogP contribution < -0.4 is 29.1 Å². The van der Waals surface area contributed by atoms with Gasteiger partial charge in [0.25, 0.3) is 5.56 Å². The molecular weight excluding hydrogens is 564 g/mol. The van der Waals surface area contributed by atoms with Gasteiger partial charge in [0.2, 0.25) is 6.79 Å². The Hall–Kier alpha value is -4.34. The summed E-state index contributed by atoms with van der Waals surface area (Å²) in [7, 11) is 0. The number of halogens is 1. The molecule has 41 heavy (non-hydrogen) atoms. The predicted molar refractivity (Wildman–Crippen MR) is 155 cm³/mol. The van der Waals surface area contributed by atoms with Gasteiger partial charge in [0.05, 0.1) is 28.5 Å². The first-order chi connectivity index (χ1) is 19.9. The number of ether oxygens (including phenoxy) is 4. The van der Waals surface area contributed by atoms with Crippen molar-refractivity contribution < 1.29 is 23.7 Å². The number of thiazole rings is 1. The van der Waals surface area contributed by atoms with Gasteiger partial charge in [0.15, 0.2) is 16.3 Å². The first-order valence-corrected chi connectivity index (χ1v) is 14.2. The van der Waals surface area contributed by atoms with Crippen LogP contribution in [0.15, 0.2) is 87.8 Å². The first kappa shape index (κ1) is 26.9. The summed E-state index contributed by atoms with van der Waals surface area (Å²) >= 11 is 7.26. The van der Waals surface area contributed by atoms with E-state index in [2.05, 4.69) is 4.99 Å². The monoisotopic (exact) mass is 588 g/mol. The minimum atomic E-state index is -0.752. The maximum Gasteiger partial charge on any atom is 0.338 e. The SMILES string of the molecule is CCOC(=O)C1=C(C)N=c2s/c(=C\c3ccccc3OCc3ccc(Cl)cc3)c(=O)n2C1c1ccc2c(c1)OCO2. The molecule has 0 saturated heterocycles. The van der Waals surface area contributed by atoms with Crippen LogP contribution in [0.25, 0.3) is 6.08 Å². The molecule has 3 heterocycles. The van der Waals surface area contributed by atoms with Crippen molar-refractivity contribution in [3.63, 3.8) is 0 Å². The predicted octanol–water partition coefficient (Wildman–Crippen LogP) is 4.76. The minimum absolute atomic E-state index is 0.112. The van der Waals surface area contributed by atoms with Crippen molar-refractivity contribution >= 4 is 35.0 Å². The average Bonchev–Trinajstić information content (AvgIpc) is 3.56. The second kappa shape index (κ2) is 11.3. The average molecular weight is 589 g/mol. The van der Waals surface area contributed by atoms with Gasteiger partial charge >= 0.3 is 5.97 Å². The van der Waals surface area contributed by atoms with Crippen molar-refractivity contribution in [3.8, 4) is 17.2 Å². The maximum absolute atomic E-state index is 14.0. The summed E-state index contributed by atoms with van der Waals surface area (Å²) in [6, 6.07) is 19.6. The molecule has 0 spiro atoms. The first-order valence-electron chi connectivity index (χ1n) is 13.0. The summed E-state index contributed by atoms with van der Waals surface area (Å²) in [4.78, 5) is 32.3. The summed E-state index contributed by atoms with van der Waals surface area (Å²) in [6.07, 6.45) is 1.79. The van der Waals surface area contributed by atoms with Crippen LogP contribution in [-0.4, -0.2) is 23.9 Å². The zero-order chi connectivity index (χ0) is 28.5. The molecule has 8 nitrogen and oxygen atoms in total. The summed E-state index contributed by atoms with van der Waals surface area (Å²) in [5.41, 5.74) is 2.91. The topological polar surface area (TPSA) is 88.4 Å². The highest BCUT2D eigenvalue weighted by Gasteiger charge is 2.34. The number of fused-ring (bicyclic) bond motifs is 2. The Kier molecular flexibility index (Phi) is 7.38. The number of esters is 1. The van der Waals surface area contributed by atoms with Gasteiger partial charge in [-0.3, -0.25) is 9.36 Å². The molecule has 4 aromatic rings. The molecule has 1 aromatic heterocycles. The molecule has 1 atom stereocenters. The number of nitrogens with zero attached hydrogens (tertiary/aromatic N) is 2. The fourth-order valence-corrected chi connectivity index (χ4v) is 5.97. The second-order valence-electron chi connectivity index (χ2n) is 9.37. The van der Waals surface area contributed by atoms with Gasteiger partial charge in [-0.2, -0.15) is 0 Å². The van der Waals surface area contributed by atoms with Gasteiger partial charge in [-0.25, -0.2) is 9.79 Å². The van der Waals surface area contributed by atoms with Crippen LogP contribution >= 0.6 is 22.9 Å². The number of carbonyl (C=O) groups excluding carboxylic acids is 1. The third-order valence-corrected chi connectivity index (χ3v) is 7.98. The molecule has 0 aliphatic carbocycles. The number of rotatable bonds is 7. The van der Waals surface area contributed by atoms with Crippen molar-refractivity contribution in [2.24, 2.45) is 4.99 Å². The molecule has 6 rings (SSSR count). The van der Waals surface area contributed by atoms with Gasteiger partial charge in [-0.1, -0.05) is 59.3 Å². The number of hydrogen-bond acceptors (Lipinski definition) is 8. The molecule has 0 saturated carbocycles. The Labute approximate surface area is 244 Å². The number of hydrogen-bond donors (Lipinski definition) is 0. The number of allylic oxidation sites excluding steroid dienone is 1. The molecule has 0 amide bonds. The number of aromatic nitrogens is 1. The van der Waals surface area contributed by atoms with Crippen LogP contribution in [0.2, 0.25) is 5.02 Å². The van der Waals surface area contributed by atoms with Crippen LogP contribution in [0.1, 0.15) is 36.6 Å². The highest BCUT2D eigenvalue weighted by molar-refractivity contribution is 7.07. The van der Waals surface area contributed by atoms with E-state index in [-0.39, 0.29) is 19.0 Å². The van der Waals surface area contributed by atoms with E-state index in [1.165, 1.54) is 11.3 Å². The lowest BCUT2D eigenvalue weighted by Gasteiger charge is -2.24. The Morgan fingerprint density at radius 3 is 2.71 bits per heavy atom. The fraction of sp³-hybridized carbons (Fsp3) is 0.194. The van der Waals surface area contributed by atoms with Gasteiger partial charge in [-0.05, 0) is 61.4 Å². The van der Waals surface area contributed by atoms with Crippen LogP contribution in [0.3, 0.4) is 0 Å². The molecule has 2 aliphatic heterocycles. The summed E-state index contributed by atoms with van der Waals surface area (Å²) in [5.74, 6) is 1.26. The van der Waals surface area contributed by atoms with E-state index >= 15 is 0 Å². The lowest BCUT2D eigenvalue weighted by atomic mass is 9.95. The maximum atomic E-state index is 14.0. The molecular formula is C31H25ClN2O6S. The molecule has 1 unspecified atom stereocenters. The highest BCUT2D eigenvalue weighted by Crippen LogP contribution is 2.38. The van der Waals surface area contributed by atoms with E-state index < -0.39 is 12.0 Å². The third kappa shape index (κ3) is 5.26. The van der Waals surface area contributed by atoms with E-state index in [0.717, 1.165) is 11.1 Å². The Morgan fingerprint density at radius 2 is 1.90 bits per heavy atom. The molecule has 208 valence electrons. The zero-order valence-corrected chi connectivity index (χ0v) is 23.8. The van der Waals surface area contributed by atoms with Crippen LogP contribution in [-0.2, 0) is 16.1 Å². The fourth-order valence-electron chi connectivity index (χ4n) is 4.80. The molecule has 10 heteroatoms. The lowest BCUT2D eigenvalue weighted by Crippen LogP contribution is -2.39. The Balaban J connectivity index is 1.43. The van der Waals surface area contributed by atoms with Crippen molar-refractivity contribution in [1.82, 2.24) is 4.57 Å². The third-order valence-electron chi connectivity index (χ3n) is 6.74. The number of para-hydroxylation sites is 1. The van der Waals surface area contributed by atoms with Crippen LogP contribution in [0.4, 0.5) is 0 Å². The van der Waals surface area contributed by atoms with Gasteiger partial charge in [0.1, 0.15) is 12.4 Å². The van der Waals surface area contributed by atoms with Crippen LogP contribution in [0.5, 0.6) is 17.2 Å². The Bertz CT molecular complexity index is 1860. The van der Waals surface area contributed by atoms with Crippen molar-refractivity contribution in [2.45, 2.75) is 26.5 Å². The van der Waals surface area contributed by atoms with E-state index in [0.29, 0.717) is 55.0 Å². The molecule has 0 N–H and O–H groups in total. The lowest BCUT2D eigenvalue weighted by molar-refractivity contribution is -0.139. The van der Waals surface area contributed by atoms with E-state index in [4.69, 9.17) is 30.5 Å². The quantitative estimate of drug-likeness (QED) is 0.289. The zero-order valence-electron chi connectivity index (χ0n) is 22.3. The normalized spacial score (nSPS) is 15.9. The van der Waals surface area contributed by atoms with Gasteiger partial charge in [0, 0.05) is 10.6 Å². The molecule has 0 bridgehead atoms. The minimum Gasteiger partial charge on any atom is -0.488 e. The summed E-state index contributed by atoms with van der Waals surface area (Å²) < 4.78 is 24.5. The molecule has 3 aromatic carbocycles. The van der Waals surface area contributed by atoms with Crippen molar-refractivity contribution in [3.05, 3.63) is 119 Å². The molecule has 2 aliphatic rings. The standard InChI is InChI=1S/C31H25ClN2O6S/c1-3-37-30(36)27-18(2)33-31-34(28(27)21-10-13-24-25(14-21)40-17-39-24)29(35)26(41-31)15-20-6-4-5-7-23(20)38-16-19-8-11-22(32)12-9-19/h4-15,28H,3,16-17H2,1-2H3/b26-15-. The smallest absolute Gasteiger partial charge is 0.338 e. The van der Waals surface area contributed by atoms with Gasteiger partial charge in [-0.15, -0.1) is 0 Å². The summed E-state index contributed by atoms with van der Waals surface area (Å²) in [6.45, 7) is 4.14. The van der Waals surface area contributed by atoms with E-state index in [9.17, 15) is 9.59 Å². The molecule has 0 radical (unpaired) electrons.